The summed E-state index contributed by atoms with van der Waals surface area (Å²) in [7, 11) is 0. The van der Waals surface area contributed by atoms with Gasteiger partial charge < -0.3 is 11.1 Å². The van der Waals surface area contributed by atoms with E-state index in [4.69, 9.17) is 5.73 Å². The summed E-state index contributed by atoms with van der Waals surface area (Å²) in [6, 6.07) is 9.27. The molecule has 0 heterocycles. The second-order valence-electron chi connectivity index (χ2n) is 5.01. The molecule has 17 heavy (non-hydrogen) atoms. The van der Waals surface area contributed by atoms with Gasteiger partial charge in [0.05, 0.1) is 0 Å². The van der Waals surface area contributed by atoms with Crippen LogP contribution >= 0.6 is 0 Å². The third-order valence-corrected chi connectivity index (χ3v) is 3.48. The highest BCUT2D eigenvalue weighted by molar-refractivity contribution is 5.83. The van der Waals surface area contributed by atoms with Gasteiger partial charge in [-0.05, 0) is 30.7 Å². The lowest BCUT2D eigenvalue weighted by molar-refractivity contribution is -0.123. The average molecular weight is 232 g/mol. The molecule has 0 radical (unpaired) electrons. The van der Waals surface area contributed by atoms with Crippen LogP contribution in [0.2, 0.25) is 0 Å². The molecular formula is C14H20N2O. The van der Waals surface area contributed by atoms with Gasteiger partial charge >= 0.3 is 0 Å². The van der Waals surface area contributed by atoms with Crippen molar-refractivity contribution in [3.63, 3.8) is 0 Å². The number of amides is 1. The second kappa shape index (κ2) is 5.32. The number of carbonyl (C=O) groups excluding carboxylic acids is 1. The first-order chi connectivity index (χ1) is 8.16. The fourth-order valence-electron chi connectivity index (χ4n) is 2.44. The molecule has 2 rings (SSSR count). The number of carbonyl (C=O) groups is 1. The van der Waals surface area contributed by atoms with Crippen molar-refractivity contribution < 1.29 is 4.79 Å². The van der Waals surface area contributed by atoms with Crippen LogP contribution in [0.4, 0.5) is 0 Å². The maximum absolute atomic E-state index is 12.0. The van der Waals surface area contributed by atoms with Crippen LogP contribution in [0.3, 0.4) is 0 Å². The molecule has 3 N–H and O–H groups in total. The van der Waals surface area contributed by atoms with Crippen LogP contribution in [0.1, 0.15) is 37.8 Å². The van der Waals surface area contributed by atoms with Gasteiger partial charge in [-0.3, -0.25) is 4.79 Å². The summed E-state index contributed by atoms with van der Waals surface area (Å²) in [4.78, 5) is 12.0. The Bertz CT molecular complexity index is 377. The Morgan fingerprint density at radius 2 is 2.06 bits per heavy atom. The van der Waals surface area contributed by atoms with Crippen molar-refractivity contribution in [3.05, 3.63) is 35.9 Å². The Kier molecular flexibility index (Phi) is 3.79. The van der Waals surface area contributed by atoms with Crippen LogP contribution in [0, 0.1) is 5.92 Å². The molecule has 2 unspecified atom stereocenters. The maximum Gasteiger partial charge on any atom is 0.241 e. The fraction of sp³-hybridized carbons (Fsp3) is 0.500. The van der Waals surface area contributed by atoms with Crippen molar-refractivity contribution >= 4 is 5.91 Å². The molecule has 3 heteroatoms. The molecule has 92 valence electrons. The number of benzene rings is 1. The van der Waals surface area contributed by atoms with Gasteiger partial charge in [0.1, 0.15) is 6.04 Å². The smallest absolute Gasteiger partial charge is 0.241 e. The van der Waals surface area contributed by atoms with E-state index in [1.54, 1.807) is 0 Å². The van der Waals surface area contributed by atoms with E-state index in [1.165, 1.54) is 6.42 Å². The summed E-state index contributed by atoms with van der Waals surface area (Å²) in [5.74, 6) is 0.656. The molecule has 3 atom stereocenters. The molecule has 1 saturated carbocycles. The van der Waals surface area contributed by atoms with Crippen LogP contribution < -0.4 is 11.1 Å². The van der Waals surface area contributed by atoms with E-state index in [9.17, 15) is 4.79 Å². The third kappa shape index (κ3) is 3.07. The maximum atomic E-state index is 12.0. The molecule has 1 aliphatic carbocycles. The van der Waals surface area contributed by atoms with E-state index >= 15 is 0 Å². The van der Waals surface area contributed by atoms with Gasteiger partial charge in [0.2, 0.25) is 5.91 Å². The van der Waals surface area contributed by atoms with E-state index < -0.39 is 6.04 Å². The summed E-state index contributed by atoms with van der Waals surface area (Å²) >= 11 is 0. The minimum atomic E-state index is -0.549. The van der Waals surface area contributed by atoms with E-state index in [-0.39, 0.29) is 5.91 Å². The van der Waals surface area contributed by atoms with Crippen LogP contribution in [-0.2, 0) is 4.79 Å². The van der Waals surface area contributed by atoms with Crippen LogP contribution in [0.15, 0.2) is 30.3 Å². The van der Waals surface area contributed by atoms with E-state index in [0.717, 1.165) is 18.4 Å². The summed E-state index contributed by atoms with van der Waals surface area (Å²) in [5.41, 5.74) is 6.81. The molecule has 0 spiro atoms. The van der Waals surface area contributed by atoms with Crippen LogP contribution in [-0.4, -0.2) is 11.9 Å². The summed E-state index contributed by atoms with van der Waals surface area (Å²) < 4.78 is 0. The van der Waals surface area contributed by atoms with Gasteiger partial charge in [0.15, 0.2) is 0 Å². The third-order valence-electron chi connectivity index (χ3n) is 3.48. The largest absolute Gasteiger partial charge is 0.352 e. The lowest BCUT2D eigenvalue weighted by Gasteiger charge is -2.17. The highest BCUT2D eigenvalue weighted by atomic mass is 16.2. The molecule has 0 aliphatic heterocycles. The van der Waals surface area contributed by atoms with Gasteiger partial charge in [-0.2, -0.15) is 0 Å². The number of rotatable bonds is 3. The molecule has 1 fully saturated rings. The average Bonchev–Trinajstić information content (AvgIpc) is 2.75. The summed E-state index contributed by atoms with van der Waals surface area (Å²) in [6.07, 6.45) is 3.35. The first kappa shape index (κ1) is 12.1. The molecule has 1 aromatic carbocycles. The monoisotopic (exact) mass is 232 g/mol. The van der Waals surface area contributed by atoms with Crippen molar-refractivity contribution in [2.45, 2.75) is 38.3 Å². The SMILES string of the molecule is CC1CCC(NC(=O)[C@H](N)c2ccccc2)C1. The molecule has 0 aromatic heterocycles. The predicted molar refractivity (Wildman–Crippen MR) is 68.3 cm³/mol. The zero-order valence-electron chi connectivity index (χ0n) is 10.2. The minimum absolute atomic E-state index is 0.0599. The molecule has 3 nitrogen and oxygen atoms in total. The second-order valence-corrected chi connectivity index (χ2v) is 5.01. The van der Waals surface area contributed by atoms with Gasteiger partial charge in [0, 0.05) is 6.04 Å². The fourth-order valence-corrected chi connectivity index (χ4v) is 2.44. The molecule has 1 aliphatic rings. The van der Waals surface area contributed by atoms with Gasteiger partial charge in [-0.15, -0.1) is 0 Å². The molecule has 0 saturated heterocycles. The Labute approximate surface area is 102 Å². The summed E-state index contributed by atoms with van der Waals surface area (Å²) in [6.45, 7) is 2.23. The first-order valence-electron chi connectivity index (χ1n) is 6.27. The number of hydrogen-bond acceptors (Lipinski definition) is 2. The van der Waals surface area contributed by atoms with E-state index in [0.29, 0.717) is 12.0 Å². The van der Waals surface area contributed by atoms with Crippen molar-refractivity contribution in [1.29, 1.82) is 0 Å². The van der Waals surface area contributed by atoms with Crippen molar-refractivity contribution in [2.24, 2.45) is 11.7 Å². The zero-order valence-corrected chi connectivity index (χ0v) is 10.2. The number of hydrogen-bond donors (Lipinski definition) is 2. The lowest BCUT2D eigenvalue weighted by atomic mass is 10.1. The van der Waals surface area contributed by atoms with Crippen LogP contribution in [0.5, 0.6) is 0 Å². The van der Waals surface area contributed by atoms with Crippen LogP contribution in [0.25, 0.3) is 0 Å². The van der Waals surface area contributed by atoms with E-state index in [1.807, 2.05) is 30.3 Å². The predicted octanol–water partition coefficient (Wildman–Crippen LogP) is 1.99. The molecule has 1 amide bonds. The minimum Gasteiger partial charge on any atom is -0.352 e. The highest BCUT2D eigenvalue weighted by Crippen LogP contribution is 2.25. The number of nitrogens with two attached hydrogens (primary N) is 1. The van der Waals surface area contributed by atoms with Gasteiger partial charge in [0.25, 0.3) is 0 Å². The van der Waals surface area contributed by atoms with Gasteiger partial charge in [-0.25, -0.2) is 0 Å². The standard InChI is InChI=1S/C14H20N2O/c1-10-7-8-12(9-10)16-14(17)13(15)11-5-3-2-4-6-11/h2-6,10,12-13H,7-9,15H2,1H3,(H,16,17)/t10?,12?,13-/m1/s1. The zero-order chi connectivity index (χ0) is 12.3. The molecular weight excluding hydrogens is 212 g/mol. The van der Waals surface area contributed by atoms with Crippen molar-refractivity contribution in [2.75, 3.05) is 0 Å². The topological polar surface area (TPSA) is 55.1 Å². The normalized spacial score (nSPS) is 25.5. The Balaban J connectivity index is 1.92. The summed E-state index contributed by atoms with van der Waals surface area (Å²) in [5, 5.41) is 3.04. The van der Waals surface area contributed by atoms with Crippen molar-refractivity contribution in [1.82, 2.24) is 5.32 Å². The Morgan fingerprint density at radius 3 is 2.65 bits per heavy atom. The Hall–Kier alpha value is -1.35. The quantitative estimate of drug-likeness (QED) is 0.837. The molecule has 0 bridgehead atoms. The number of nitrogens with one attached hydrogen (secondary N) is 1. The van der Waals surface area contributed by atoms with Crippen molar-refractivity contribution in [3.8, 4) is 0 Å². The van der Waals surface area contributed by atoms with Gasteiger partial charge in [-0.1, -0.05) is 37.3 Å². The Morgan fingerprint density at radius 1 is 1.35 bits per heavy atom. The van der Waals surface area contributed by atoms with E-state index in [2.05, 4.69) is 12.2 Å². The first-order valence-corrected chi connectivity index (χ1v) is 6.27. The molecule has 1 aromatic rings. The lowest BCUT2D eigenvalue weighted by Crippen LogP contribution is -2.39. The highest BCUT2D eigenvalue weighted by Gasteiger charge is 2.25.